The number of ether oxygens (including phenoxy) is 2. The smallest absolute Gasteiger partial charge is 0.181 e. The molecular weight excluding hydrogens is 396 g/mol. The van der Waals surface area contributed by atoms with Crippen LogP contribution in [-0.2, 0) is 20.7 Å². The van der Waals surface area contributed by atoms with E-state index >= 15 is 0 Å². The van der Waals surface area contributed by atoms with Gasteiger partial charge >= 0.3 is 0 Å². The summed E-state index contributed by atoms with van der Waals surface area (Å²) >= 11 is 0. The summed E-state index contributed by atoms with van der Waals surface area (Å²) in [6, 6.07) is 26.0. The first-order chi connectivity index (χ1) is 15.8. The van der Waals surface area contributed by atoms with Gasteiger partial charge in [0.15, 0.2) is 12.1 Å². The fourth-order valence-corrected chi connectivity index (χ4v) is 4.74. The molecule has 3 nitrogen and oxygen atoms in total. The van der Waals surface area contributed by atoms with Gasteiger partial charge in [0.25, 0.3) is 0 Å². The maximum absolute atomic E-state index is 12.1. The second kappa shape index (κ2) is 9.64. The van der Waals surface area contributed by atoms with Crippen LogP contribution < -0.4 is 0 Å². The predicted octanol–water partition coefficient (Wildman–Crippen LogP) is 6.17. The standard InChI is InChI=1S/C29H28O3/c30-23(20-32-29-11-5-6-18-31-29)17-16-21-12-14-22(15-13-21)19-28-26-9-3-1-7-24(26)25-8-2-4-10-27(25)28/h1-4,7-10,12-17,28-29H,5-6,11,18-20H2/b17-16+. The minimum atomic E-state index is -0.230. The summed E-state index contributed by atoms with van der Waals surface area (Å²) < 4.78 is 11.1. The van der Waals surface area contributed by atoms with Crippen molar-refractivity contribution >= 4 is 11.9 Å². The molecule has 3 heteroatoms. The van der Waals surface area contributed by atoms with Crippen LogP contribution in [0.2, 0.25) is 0 Å². The highest BCUT2D eigenvalue weighted by atomic mass is 16.7. The molecule has 3 aromatic carbocycles. The first kappa shape index (κ1) is 20.9. The summed E-state index contributed by atoms with van der Waals surface area (Å²) in [5, 5.41) is 0. The average Bonchev–Trinajstić information content (AvgIpc) is 3.17. The van der Waals surface area contributed by atoms with E-state index in [1.807, 2.05) is 6.08 Å². The highest BCUT2D eigenvalue weighted by molar-refractivity contribution is 5.94. The Labute approximate surface area is 189 Å². The Morgan fingerprint density at radius 2 is 1.59 bits per heavy atom. The normalized spacial score (nSPS) is 17.9. The quantitative estimate of drug-likeness (QED) is 0.426. The summed E-state index contributed by atoms with van der Waals surface area (Å²) in [7, 11) is 0. The van der Waals surface area contributed by atoms with Crippen molar-refractivity contribution in [2.45, 2.75) is 37.9 Å². The zero-order valence-corrected chi connectivity index (χ0v) is 18.2. The molecule has 1 fully saturated rings. The van der Waals surface area contributed by atoms with Crippen LogP contribution in [0.1, 0.15) is 47.4 Å². The van der Waals surface area contributed by atoms with E-state index in [4.69, 9.17) is 9.47 Å². The molecule has 1 unspecified atom stereocenters. The van der Waals surface area contributed by atoms with Gasteiger partial charge in [0.05, 0.1) is 0 Å². The number of hydrogen-bond donors (Lipinski definition) is 0. The second-order valence-corrected chi connectivity index (χ2v) is 8.58. The number of hydrogen-bond acceptors (Lipinski definition) is 3. The molecule has 0 aromatic heterocycles. The average molecular weight is 425 g/mol. The molecule has 0 amide bonds. The highest BCUT2D eigenvalue weighted by Crippen LogP contribution is 2.45. The summed E-state index contributed by atoms with van der Waals surface area (Å²) in [5.41, 5.74) is 7.83. The maximum atomic E-state index is 12.1. The van der Waals surface area contributed by atoms with Crippen LogP contribution in [0.15, 0.2) is 78.9 Å². The van der Waals surface area contributed by atoms with Crippen LogP contribution in [-0.4, -0.2) is 25.3 Å². The third-order valence-electron chi connectivity index (χ3n) is 6.39. The molecular formula is C29H28O3. The third kappa shape index (κ3) is 4.59. The van der Waals surface area contributed by atoms with E-state index in [1.54, 1.807) is 6.08 Å². The van der Waals surface area contributed by atoms with Gasteiger partial charge in [-0.05, 0) is 65.1 Å². The van der Waals surface area contributed by atoms with Crippen molar-refractivity contribution in [3.8, 4) is 11.1 Å². The Hall–Kier alpha value is -3.01. The minimum Gasteiger partial charge on any atom is -0.353 e. The van der Waals surface area contributed by atoms with E-state index < -0.39 is 0 Å². The lowest BCUT2D eigenvalue weighted by Gasteiger charge is -2.21. The molecule has 1 atom stereocenters. The highest BCUT2D eigenvalue weighted by Gasteiger charge is 2.27. The lowest BCUT2D eigenvalue weighted by molar-refractivity contribution is -0.167. The van der Waals surface area contributed by atoms with Gasteiger partial charge < -0.3 is 9.47 Å². The minimum absolute atomic E-state index is 0.0394. The predicted molar refractivity (Wildman–Crippen MR) is 127 cm³/mol. The Morgan fingerprint density at radius 1 is 0.906 bits per heavy atom. The zero-order valence-electron chi connectivity index (χ0n) is 18.2. The summed E-state index contributed by atoms with van der Waals surface area (Å²) in [6.45, 7) is 0.790. The van der Waals surface area contributed by atoms with Gasteiger partial charge in [-0.2, -0.15) is 0 Å². The number of benzene rings is 3. The van der Waals surface area contributed by atoms with Crippen LogP contribution in [0, 0.1) is 0 Å². The van der Waals surface area contributed by atoms with Crippen molar-refractivity contribution in [2.24, 2.45) is 0 Å². The van der Waals surface area contributed by atoms with Crippen LogP contribution in [0.5, 0.6) is 0 Å². The van der Waals surface area contributed by atoms with E-state index in [0.29, 0.717) is 5.92 Å². The van der Waals surface area contributed by atoms with Crippen LogP contribution in [0.3, 0.4) is 0 Å². The fourth-order valence-electron chi connectivity index (χ4n) is 4.74. The van der Waals surface area contributed by atoms with Crippen molar-refractivity contribution in [1.82, 2.24) is 0 Å². The van der Waals surface area contributed by atoms with Gasteiger partial charge in [0.2, 0.25) is 0 Å². The van der Waals surface area contributed by atoms with E-state index in [9.17, 15) is 4.79 Å². The number of ketones is 1. The molecule has 1 heterocycles. The number of carbonyl (C=O) groups is 1. The second-order valence-electron chi connectivity index (χ2n) is 8.58. The topological polar surface area (TPSA) is 35.5 Å². The molecule has 5 rings (SSSR count). The molecule has 0 bridgehead atoms. The first-order valence-corrected chi connectivity index (χ1v) is 11.5. The third-order valence-corrected chi connectivity index (χ3v) is 6.39. The zero-order chi connectivity index (χ0) is 21.8. The van der Waals surface area contributed by atoms with Gasteiger partial charge in [-0.15, -0.1) is 0 Å². The summed E-state index contributed by atoms with van der Waals surface area (Å²) in [5.74, 6) is 0.340. The van der Waals surface area contributed by atoms with Gasteiger partial charge in [0, 0.05) is 12.5 Å². The molecule has 1 saturated heterocycles. The van der Waals surface area contributed by atoms with E-state index in [-0.39, 0.29) is 18.7 Å². The van der Waals surface area contributed by atoms with Crippen LogP contribution in [0.25, 0.3) is 17.2 Å². The van der Waals surface area contributed by atoms with Crippen LogP contribution in [0.4, 0.5) is 0 Å². The molecule has 0 saturated carbocycles. The Balaban J connectivity index is 1.22. The van der Waals surface area contributed by atoms with E-state index in [2.05, 4.69) is 72.8 Å². The maximum Gasteiger partial charge on any atom is 0.181 e. The molecule has 0 N–H and O–H groups in total. The molecule has 1 aliphatic carbocycles. The Kier molecular flexibility index (Phi) is 6.29. The molecule has 162 valence electrons. The van der Waals surface area contributed by atoms with Crippen molar-refractivity contribution in [2.75, 3.05) is 13.2 Å². The number of carbonyl (C=O) groups excluding carboxylic acids is 1. The van der Waals surface area contributed by atoms with Crippen molar-refractivity contribution in [3.05, 3.63) is 101 Å². The van der Waals surface area contributed by atoms with Gasteiger partial charge in [-0.3, -0.25) is 4.79 Å². The van der Waals surface area contributed by atoms with Crippen molar-refractivity contribution < 1.29 is 14.3 Å². The van der Waals surface area contributed by atoms with Gasteiger partial charge in [-0.25, -0.2) is 0 Å². The van der Waals surface area contributed by atoms with Gasteiger partial charge in [-0.1, -0.05) is 78.9 Å². The lowest BCUT2D eigenvalue weighted by Crippen LogP contribution is -2.24. The Morgan fingerprint density at radius 3 is 2.25 bits per heavy atom. The monoisotopic (exact) mass is 424 g/mol. The molecule has 0 spiro atoms. The fraction of sp³-hybridized carbons (Fsp3) is 0.276. The lowest BCUT2D eigenvalue weighted by atomic mass is 9.90. The summed E-state index contributed by atoms with van der Waals surface area (Å²) in [6.07, 6.45) is 7.23. The molecule has 3 aromatic rings. The first-order valence-electron chi connectivity index (χ1n) is 11.5. The number of fused-ring (bicyclic) bond motifs is 3. The Bertz CT molecular complexity index is 1060. The SMILES string of the molecule is O=C(/C=C/c1ccc(CC2c3ccccc3-c3ccccc32)cc1)COC1CCCCO1. The molecule has 32 heavy (non-hydrogen) atoms. The van der Waals surface area contributed by atoms with Crippen LogP contribution >= 0.6 is 0 Å². The van der Waals surface area contributed by atoms with Gasteiger partial charge in [0.1, 0.15) is 6.61 Å². The molecule has 1 aliphatic heterocycles. The van der Waals surface area contributed by atoms with E-state index in [1.165, 1.54) is 27.8 Å². The van der Waals surface area contributed by atoms with E-state index in [0.717, 1.165) is 37.9 Å². The van der Waals surface area contributed by atoms with Crippen molar-refractivity contribution in [1.29, 1.82) is 0 Å². The number of rotatable bonds is 7. The van der Waals surface area contributed by atoms with Crippen molar-refractivity contribution in [3.63, 3.8) is 0 Å². The molecule has 2 aliphatic rings. The summed E-state index contributed by atoms with van der Waals surface area (Å²) in [4.78, 5) is 12.1. The molecule has 0 radical (unpaired) electrons. The largest absolute Gasteiger partial charge is 0.353 e.